The summed E-state index contributed by atoms with van der Waals surface area (Å²) in [6.07, 6.45) is 2.71. The molecule has 0 unspecified atom stereocenters. The number of rotatable bonds is 8. The fraction of sp³-hybridized carbons (Fsp3) is 0.214. The molecule has 8 nitrogen and oxygen atoms in total. The van der Waals surface area contributed by atoms with Crippen molar-refractivity contribution in [2.75, 3.05) is 24.7 Å². The van der Waals surface area contributed by atoms with E-state index in [9.17, 15) is 13.2 Å². The first-order chi connectivity index (χ1) is 18.6. The van der Waals surface area contributed by atoms with Crippen molar-refractivity contribution in [1.82, 2.24) is 9.88 Å². The Balaban J connectivity index is 1.64. The van der Waals surface area contributed by atoms with Gasteiger partial charge in [-0.3, -0.25) is 14.1 Å². The molecule has 5 rings (SSSR count). The molecule has 1 amide bonds. The number of benzene rings is 3. The Bertz CT molecular complexity index is 1670. The lowest BCUT2D eigenvalue weighted by Gasteiger charge is -2.23. The largest absolute Gasteiger partial charge is 0.497 e. The van der Waals surface area contributed by atoms with Crippen molar-refractivity contribution in [2.45, 2.75) is 19.7 Å². The molecule has 39 heavy (non-hydrogen) atoms. The summed E-state index contributed by atoms with van der Waals surface area (Å²) in [5.41, 5.74) is 3.24. The van der Waals surface area contributed by atoms with Gasteiger partial charge in [0.2, 0.25) is 10.0 Å². The van der Waals surface area contributed by atoms with Gasteiger partial charge in [0, 0.05) is 47.3 Å². The molecule has 11 heteroatoms. The number of nitrogens with zero attached hydrogens (tertiary/aromatic N) is 3. The van der Waals surface area contributed by atoms with Crippen LogP contribution in [0.4, 0.5) is 5.69 Å². The Morgan fingerprint density at radius 3 is 2.38 bits per heavy atom. The minimum Gasteiger partial charge on any atom is -0.497 e. The van der Waals surface area contributed by atoms with Crippen LogP contribution in [0.5, 0.6) is 11.5 Å². The maximum atomic E-state index is 13.9. The number of amides is 1. The van der Waals surface area contributed by atoms with Crippen molar-refractivity contribution in [2.24, 2.45) is 0 Å². The first kappa shape index (κ1) is 27.1. The molecule has 0 saturated heterocycles. The molecule has 4 aromatic rings. The summed E-state index contributed by atoms with van der Waals surface area (Å²) in [6.45, 7) is 0.551. The van der Waals surface area contributed by atoms with Gasteiger partial charge < -0.3 is 14.4 Å². The molecule has 0 spiro atoms. The first-order valence-electron chi connectivity index (χ1n) is 11.9. The molecule has 1 aliphatic rings. The molecule has 1 aliphatic heterocycles. The Hall–Kier alpha value is -3.53. The number of carbonyl (C=O) groups is 1. The second-order valence-corrected chi connectivity index (χ2v) is 12.1. The van der Waals surface area contributed by atoms with Crippen LogP contribution >= 0.6 is 23.2 Å². The minimum atomic E-state index is -3.66. The molecule has 0 radical (unpaired) electrons. The van der Waals surface area contributed by atoms with Crippen LogP contribution in [0.15, 0.2) is 60.8 Å². The van der Waals surface area contributed by atoms with Gasteiger partial charge in [-0.2, -0.15) is 0 Å². The Morgan fingerprint density at radius 1 is 1.05 bits per heavy atom. The molecule has 0 aliphatic carbocycles. The number of ether oxygens (including phenoxy) is 2. The first-order valence-corrected chi connectivity index (χ1v) is 14.5. The highest BCUT2D eigenvalue weighted by Crippen LogP contribution is 2.45. The number of pyridine rings is 1. The number of methoxy groups -OCH3 is 1. The van der Waals surface area contributed by atoms with E-state index in [1.54, 1.807) is 48.5 Å². The van der Waals surface area contributed by atoms with Gasteiger partial charge >= 0.3 is 0 Å². The van der Waals surface area contributed by atoms with E-state index in [0.29, 0.717) is 43.7 Å². The molecule has 0 bridgehead atoms. The lowest BCUT2D eigenvalue weighted by atomic mass is 10.0. The van der Waals surface area contributed by atoms with Crippen LogP contribution in [0, 0.1) is 0 Å². The SMILES string of the molecule is COc1ccc(COc2c3c(c(N(C)S(C)(=O)=O)c4cccnc24)CN(Cc2cc(Cl)cc(Cl)c2)C3=O)cc1. The van der Waals surface area contributed by atoms with Crippen molar-refractivity contribution in [3.05, 3.63) is 93.1 Å². The van der Waals surface area contributed by atoms with Crippen molar-refractivity contribution >= 4 is 55.7 Å². The number of hydrogen-bond acceptors (Lipinski definition) is 6. The summed E-state index contributed by atoms with van der Waals surface area (Å²) in [6, 6.07) is 16.0. The van der Waals surface area contributed by atoms with Crippen molar-refractivity contribution < 1.29 is 22.7 Å². The lowest BCUT2D eigenvalue weighted by molar-refractivity contribution is 0.0763. The van der Waals surface area contributed by atoms with E-state index in [4.69, 9.17) is 32.7 Å². The Kier molecular flexibility index (Phi) is 7.33. The minimum absolute atomic E-state index is 0.164. The fourth-order valence-electron chi connectivity index (χ4n) is 4.71. The van der Waals surface area contributed by atoms with Crippen LogP contribution in [0.1, 0.15) is 27.0 Å². The third kappa shape index (κ3) is 5.34. The van der Waals surface area contributed by atoms with E-state index in [2.05, 4.69) is 4.98 Å². The van der Waals surface area contributed by atoms with E-state index in [1.165, 1.54) is 11.4 Å². The standard InChI is InChI=1S/C28H25Cl2N3O5S/c1-32(39(3,35)36)26-22-5-4-10-31-25(22)27(38-16-17-6-8-21(37-2)9-7-17)24-23(26)15-33(28(24)34)14-18-11-19(29)13-20(30)12-18/h4-13H,14-16H2,1-3H3. The number of halogens is 2. The summed E-state index contributed by atoms with van der Waals surface area (Å²) in [5, 5.41) is 1.48. The number of aromatic nitrogens is 1. The van der Waals surface area contributed by atoms with Crippen LogP contribution < -0.4 is 13.8 Å². The molecule has 1 aromatic heterocycles. The van der Waals surface area contributed by atoms with Crippen molar-refractivity contribution in [3.63, 3.8) is 0 Å². The number of fused-ring (bicyclic) bond motifs is 2. The van der Waals surface area contributed by atoms with E-state index in [1.807, 2.05) is 24.3 Å². The lowest BCUT2D eigenvalue weighted by Crippen LogP contribution is -2.26. The predicted octanol–water partition coefficient (Wildman–Crippen LogP) is 5.68. The quantitative estimate of drug-likeness (QED) is 0.264. The second kappa shape index (κ2) is 10.6. The average molecular weight is 586 g/mol. The van der Waals surface area contributed by atoms with Crippen LogP contribution in [-0.2, 0) is 29.7 Å². The van der Waals surface area contributed by atoms with E-state index in [-0.39, 0.29) is 31.2 Å². The summed E-state index contributed by atoms with van der Waals surface area (Å²) in [4.78, 5) is 20.1. The second-order valence-electron chi connectivity index (χ2n) is 9.24. The number of hydrogen-bond donors (Lipinski definition) is 0. The number of sulfonamides is 1. The van der Waals surface area contributed by atoms with E-state index in [0.717, 1.165) is 17.4 Å². The van der Waals surface area contributed by atoms with Crippen LogP contribution in [0.25, 0.3) is 10.9 Å². The van der Waals surface area contributed by atoms with E-state index >= 15 is 0 Å². The molecule has 0 saturated carbocycles. The normalized spacial score (nSPS) is 13.1. The summed E-state index contributed by atoms with van der Waals surface area (Å²) in [7, 11) is -0.596. The topological polar surface area (TPSA) is 89.0 Å². The van der Waals surface area contributed by atoms with Gasteiger partial charge in [-0.25, -0.2) is 8.42 Å². The summed E-state index contributed by atoms with van der Waals surface area (Å²) < 4.78 is 38.1. The summed E-state index contributed by atoms with van der Waals surface area (Å²) in [5.74, 6) is 0.715. The third-order valence-corrected chi connectivity index (χ3v) is 8.21. The molecule has 0 fully saturated rings. The monoisotopic (exact) mass is 585 g/mol. The van der Waals surface area contributed by atoms with Crippen molar-refractivity contribution in [3.8, 4) is 11.5 Å². The fourth-order valence-corrected chi connectivity index (χ4v) is 5.82. The maximum absolute atomic E-state index is 13.9. The number of carbonyl (C=O) groups excluding carboxylic acids is 1. The molecule has 3 aromatic carbocycles. The molecule has 2 heterocycles. The van der Waals surface area contributed by atoms with Gasteiger partial charge in [0.05, 0.1) is 24.6 Å². The van der Waals surface area contributed by atoms with Gasteiger partial charge in [-0.05, 0) is 53.6 Å². The van der Waals surface area contributed by atoms with Crippen molar-refractivity contribution in [1.29, 1.82) is 0 Å². The molecule has 0 atom stereocenters. The summed E-state index contributed by atoms with van der Waals surface area (Å²) >= 11 is 12.4. The Morgan fingerprint density at radius 2 is 1.74 bits per heavy atom. The third-order valence-electron chi connectivity index (χ3n) is 6.59. The van der Waals surface area contributed by atoms with Gasteiger partial charge in [-0.1, -0.05) is 35.3 Å². The zero-order chi connectivity index (χ0) is 27.9. The molecular formula is C28H25Cl2N3O5S. The molecule has 0 N–H and O–H groups in total. The molecular weight excluding hydrogens is 561 g/mol. The van der Waals surface area contributed by atoms with Crippen LogP contribution in [-0.4, -0.2) is 44.6 Å². The highest BCUT2D eigenvalue weighted by atomic mass is 35.5. The zero-order valence-corrected chi connectivity index (χ0v) is 23.8. The van der Waals surface area contributed by atoms with E-state index < -0.39 is 10.0 Å². The predicted molar refractivity (Wildman–Crippen MR) is 152 cm³/mol. The van der Waals surface area contributed by atoms with Gasteiger partial charge in [0.25, 0.3) is 5.91 Å². The smallest absolute Gasteiger partial charge is 0.258 e. The van der Waals surface area contributed by atoms with Gasteiger partial charge in [0.15, 0.2) is 5.75 Å². The zero-order valence-electron chi connectivity index (χ0n) is 21.4. The average Bonchev–Trinajstić information content (AvgIpc) is 3.20. The Labute approximate surface area is 236 Å². The highest BCUT2D eigenvalue weighted by Gasteiger charge is 2.38. The van der Waals surface area contributed by atoms with Crippen LogP contribution in [0.3, 0.4) is 0 Å². The van der Waals surface area contributed by atoms with Gasteiger partial charge in [-0.15, -0.1) is 0 Å². The maximum Gasteiger partial charge on any atom is 0.258 e. The highest BCUT2D eigenvalue weighted by molar-refractivity contribution is 7.92. The van der Waals surface area contributed by atoms with Crippen LogP contribution in [0.2, 0.25) is 10.0 Å². The number of anilines is 1. The molecule has 202 valence electrons. The van der Waals surface area contributed by atoms with Gasteiger partial charge in [0.1, 0.15) is 17.9 Å².